The third-order valence-electron chi connectivity index (χ3n) is 4.90. The molecule has 0 aliphatic carbocycles. The molecule has 0 spiro atoms. The molecule has 1 aliphatic rings. The number of imidazole rings is 1. The summed E-state index contributed by atoms with van der Waals surface area (Å²) in [6.45, 7) is 5.85. The van der Waals surface area contributed by atoms with E-state index in [-0.39, 0.29) is 11.1 Å². The molecule has 0 radical (unpaired) electrons. The summed E-state index contributed by atoms with van der Waals surface area (Å²) in [6, 6.07) is 5.57. The van der Waals surface area contributed by atoms with E-state index in [0.717, 1.165) is 41.9 Å². The highest BCUT2D eigenvalue weighted by molar-refractivity contribution is 7.92. The van der Waals surface area contributed by atoms with Crippen molar-refractivity contribution in [1.29, 1.82) is 0 Å². The van der Waals surface area contributed by atoms with Crippen LogP contribution in [0, 0.1) is 13.8 Å². The average Bonchev–Trinajstić information content (AvgIpc) is 3.24. The van der Waals surface area contributed by atoms with Crippen molar-refractivity contribution in [2.75, 3.05) is 4.72 Å². The van der Waals surface area contributed by atoms with Crippen LogP contribution in [0.2, 0.25) is 0 Å². The quantitative estimate of drug-likeness (QED) is 0.735. The number of nitrogens with zero attached hydrogens (tertiary/aromatic N) is 3. The summed E-state index contributed by atoms with van der Waals surface area (Å²) in [7, 11) is -3.77. The van der Waals surface area contributed by atoms with Gasteiger partial charge in [0.05, 0.1) is 5.69 Å². The van der Waals surface area contributed by atoms with Gasteiger partial charge in [0.2, 0.25) is 5.89 Å². The number of sulfonamides is 1. The largest absolute Gasteiger partial charge is 0.444 e. The van der Waals surface area contributed by atoms with E-state index in [0.29, 0.717) is 11.6 Å². The molecule has 1 aromatic carbocycles. The van der Waals surface area contributed by atoms with E-state index in [1.165, 1.54) is 0 Å². The van der Waals surface area contributed by atoms with Crippen molar-refractivity contribution in [3.63, 3.8) is 0 Å². The standard InChI is InChI=1S/C19H22N4O3S/c1-12-7-8-15(9-16(12)19-20-13(2)11-26-19)22-27(24,25)18-10-23-14(3)5-4-6-17(23)21-18/h7-11,14,22H,4-6H2,1-3H3. The fourth-order valence-electron chi connectivity index (χ4n) is 3.40. The minimum Gasteiger partial charge on any atom is -0.444 e. The fourth-order valence-corrected chi connectivity index (χ4v) is 4.42. The molecule has 27 heavy (non-hydrogen) atoms. The van der Waals surface area contributed by atoms with Gasteiger partial charge in [0.25, 0.3) is 10.0 Å². The minimum atomic E-state index is -3.77. The van der Waals surface area contributed by atoms with Gasteiger partial charge in [0.15, 0.2) is 5.03 Å². The minimum absolute atomic E-state index is 0.0559. The Bertz CT molecular complexity index is 1100. The van der Waals surface area contributed by atoms with Crippen molar-refractivity contribution >= 4 is 15.7 Å². The molecule has 7 nitrogen and oxygen atoms in total. The topological polar surface area (TPSA) is 90.0 Å². The van der Waals surface area contributed by atoms with E-state index in [4.69, 9.17) is 4.42 Å². The lowest BCUT2D eigenvalue weighted by molar-refractivity contribution is 0.425. The number of rotatable bonds is 4. The van der Waals surface area contributed by atoms with Gasteiger partial charge in [0, 0.05) is 29.9 Å². The number of aromatic nitrogens is 3. The smallest absolute Gasteiger partial charge is 0.280 e. The molecule has 0 saturated heterocycles. The number of oxazole rings is 1. The van der Waals surface area contributed by atoms with E-state index >= 15 is 0 Å². The van der Waals surface area contributed by atoms with Crippen molar-refractivity contribution in [3.05, 3.63) is 47.7 Å². The second-order valence-electron chi connectivity index (χ2n) is 7.07. The first-order chi connectivity index (χ1) is 12.8. The maximum atomic E-state index is 12.8. The summed E-state index contributed by atoms with van der Waals surface area (Å²) in [6.07, 6.45) is 6.07. The van der Waals surface area contributed by atoms with E-state index < -0.39 is 10.0 Å². The van der Waals surface area contributed by atoms with Gasteiger partial charge in [-0.1, -0.05) is 6.07 Å². The summed E-state index contributed by atoms with van der Waals surface area (Å²) < 4.78 is 35.7. The number of aryl methyl sites for hydroxylation is 3. The highest BCUT2D eigenvalue weighted by Gasteiger charge is 2.25. The SMILES string of the molecule is Cc1coc(-c2cc(NS(=O)(=O)c3cn4c(n3)CCCC4C)ccc2C)n1. The molecule has 0 fully saturated rings. The lowest BCUT2D eigenvalue weighted by atomic mass is 10.1. The second-order valence-corrected chi connectivity index (χ2v) is 8.70. The molecule has 8 heteroatoms. The van der Waals surface area contributed by atoms with E-state index in [9.17, 15) is 8.42 Å². The lowest BCUT2D eigenvalue weighted by Crippen LogP contribution is -2.14. The molecule has 1 unspecified atom stereocenters. The molecular formula is C19H22N4O3S. The Balaban J connectivity index is 1.65. The van der Waals surface area contributed by atoms with Gasteiger partial charge >= 0.3 is 0 Å². The van der Waals surface area contributed by atoms with Crippen LogP contribution in [-0.2, 0) is 16.4 Å². The van der Waals surface area contributed by atoms with Gasteiger partial charge < -0.3 is 8.98 Å². The van der Waals surface area contributed by atoms with Crippen molar-refractivity contribution in [2.45, 2.75) is 51.1 Å². The zero-order valence-electron chi connectivity index (χ0n) is 15.6. The monoisotopic (exact) mass is 386 g/mol. The van der Waals surface area contributed by atoms with Crippen molar-refractivity contribution < 1.29 is 12.8 Å². The van der Waals surface area contributed by atoms with Gasteiger partial charge in [-0.3, -0.25) is 4.72 Å². The van der Waals surface area contributed by atoms with Crippen molar-refractivity contribution in [1.82, 2.24) is 14.5 Å². The van der Waals surface area contributed by atoms with Crippen LogP contribution in [-0.4, -0.2) is 23.0 Å². The number of hydrogen-bond acceptors (Lipinski definition) is 5. The van der Waals surface area contributed by atoms with Crippen LogP contribution in [0.1, 0.15) is 42.9 Å². The molecule has 4 rings (SSSR count). The van der Waals surface area contributed by atoms with Crippen LogP contribution in [0.3, 0.4) is 0 Å². The zero-order chi connectivity index (χ0) is 19.2. The van der Waals surface area contributed by atoms with Gasteiger partial charge in [-0.15, -0.1) is 0 Å². The maximum absolute atomic E-state index is 12.8. The fraction of sp³-hybridized carbons (Fsp3) is 0.368. The Morgan fingerprint density at radius 3 is 2.78 bits per heavy atom. The van der Waals surface area contributed by atoms with Crippen molar-refractivity contribution in [3.8, 4) is 11.5 Å². The summed E-state index contributed by atoms with van der Waals surface area (Å²) in [5.41, 5.74) is 2.92. The molecule has 142 valence electrons. The highest BCUT2D eigenvalue weighted by Crippen LogP contribution is 2.29. The van der Waals surface area contributed by atoms with Crippen LogP contribution >= 0.6 is 0 Å². The third kappa shape index (κ3) is 3.37. The maximum Gasteiger partial charge on any atom is 0.280 e. The summed E-state index contributed by atoms with van der Waals surface area (Å²) in [5, 5.41) is 0.0559. The zero-order valence-corrected chi connectivity index (χ0v) is 16.4. The number of hydrogen-bond donors (Lipinski definition) is 1. The van der Waals surface area contributed by atoms with Gasteiger partial charge in [-0.05, 0) is 51.3 Å². The number of benzene rings is 1. The highest BCUT2D eigenvalue weighted by atomic mass is 32.2. The Morgan fingerprint density at radius 2 is 2.07 bits per heavy atom. The Morgan fingerprint density at radius 1 is 1.26 bits per heavy atom. The number of anilines is 1. The lowest BCUT2D eigenvalue weighted by Gasteiger charge is -2.20. The van der Waals surface area contributed by atoms with Crippen molar-refractivity contribution in [2.24, 2.45) is 0 Å². The van der Waals surface area contributed by atoms with Gasteiger partial charge in [-0.2, -0.15) is 8.42 Å². The molecule has 2 aromatic heterocycles. The second kappa shape index (κ2) is 6.53. The normalized spacial score (nSPS) is 16.9. The van der Waals surface area contributed by atoms with Crippen LogP contribution in [0.25, 0.3) is 11.5 Å². The van der Waals surface area contributed by atoms with Crippen LogP contribution in [0.5, 0.6) is 0 Å². The molecule has 1 aliphatic heterocycles. The molecule has 0 bridgehead atoms. The predicted octanol–water partition coefficient (Wildman–Crippen LogP) is 3.85. The first-order valence-electron chi connectivity index (χ1n) is 8.97. The Hall–Kier alpha value is -2.61. The molecular weight excluding hydrogens is 364 g/mol. The van der Waals surface area contributed by atoms with Gasteiger partial charge in [0.1, 0.15) is 12.1 Å². The number of nitrogens with one attached hydrogen (secondary N) is 1. The molecule has 0 amide bonds. The molecule has 0 saturated carbocycles. The van der Waals surface area contributed by atoms with E-state index in [2.05, 4.69) is 21.6 Å². The molecule has 3 heterocycles. The number of fused-ring (bicyclic) bond motifs is 1. The third-order valence-corrected chi connectivity index (χ3v) is 6.15. The Labute approximate surface area is 158 Å². The molecule has 3 aromatic rings. The van der Waals surface area contributed by atoms with E-state index in [1.54, 1.807) is 24.6 Å². The first kappa shape index (κ1) is 17.8. The summed E-state index contributed by atoms with van der Waals surface area (Å²) in [4.78, 5) is 8.68. The summed E-state index contributed by atoms with van der Waals surface area (Å²) >= 11 is 0. The van der Waals surface area contributed by atoms with Gasteiger partial charge in [-0.25, -0.2) is 9.97 Å². The van der Waals surface area contributed by atoms with Crippen LogP contribution in [0.15, 0.2) is 40.1 Å². The average molecular weight is 386 g/mol. The molecule has 1 N–H and O–H groups in total. The van der Waals surface area contributed by atoms with Crippen LogP contribution in [0.4, 0.5) is 5.69 Å². The molecule has 1 atom stereocenters. The first-order valence-corrected chi connectivity index (χ1v) is 10.5. The Kier molecular flexibility index (Phi) is 4.30. The van der Waals surface area contributed by atoms with E-state index in [1.807, 2.05) is 24.5 Å². The predicted molar refractivity (Wildman–Crippen MR) is 102 cm³/mol. The summed E-state index contributed by atoms with van der Waals surface area (Å²) in [5.74, 6) is 1.30. The van der Waals surface area contributed by atoms with Crippen LogP contribution < -0.4 is 4.72 Å².